The third kappa shape index (κ3) is 1.52. The van der Waals surface area contributed by atoms with Crippen molar-refractivity contribution in [3.63, 3.8) is 0 Å². The third-order valence-corrected chi connectivity index (χ3v) is 4.68. The average Bonchev–Trinajstić information content (AvgIpc) is 2.94. The molecule has 6 heteroatoms. The molecule has 0 saturated heterocycles. The molecule has 2 aliphatic carbocycles. The van der Waals surface area contributed by atoms with Gasteiger partial charge in [0.2, 0.25) is 0 Å². The van der Waals surface area contributed by atoms with Crippen LogP contribution in [0.25, 0.3) is 0 Å². The lowest BCUT2D eigenvalue weighted by Gasteiger charge is -2.58. The zero-order valence-electron chi connectivity index (χ0n) is 10.7. The van der Waals surface area contributed by atoms with Crippen LogP contribution in [-0.4, -0.2) is 32.7 Å². The molecule has 1 aromatic rings. The molecule has 2 unspecified atom stereocenters. The SMILES string of the molecule is CCC1=CC2C(N)(C1)C[C@]2(CN)Cc1nn[nH]n1. The van der Waals surface area contributed by atoms with Gasteiger partial charge in [0, 0.05) is 17.9 Å². The molecular formula is C12H20N6. The van der Waals surface area contributed by atoms with Gasteiger partial charge in [0.25, 0.3) is 0 Å². The molecule has 98 valence electrons. The Bertz CT molecular complexity index is 467. The number of hydrogen-bond donors (Lipinski definition) is 3. The minimum atomic E-state index is -0.0750. The standard InChI is InChI=1S/C12H20N6/c1-2-8-3-9-11(7-13,6-12(9,14)4-8)5-10-15-17-18-16-10/h3,9H,2,4-7,13-14H2,1H3,(H,15,16,17,18)/t9?,11-,12?/m0/s1. The Hall–Kier alpha value is -1.27. The molecule has 18 heavy (non-hydrogen) atoms. The first-order valence-corrected chi connectivity index (χ1v) is 6.53. The number of fused-ring (bicyclic) bond motifs is 1. The molecule has 0 radical (unpaired) electrons. The van der Waals surface area contributed by atoms with Gasteiger partial charge in [-0.25, -0.2) is 0 Å². The number of nitrogens with one attached hydrogen (secondary N) is 1. The molecule has 3 rings (SSSR count). The highest BCUT2D eigenvalue weighted by atomic mass is 15.5. The number of H-pyrrole nitrogens is 1. The molecule has 0 aliphatic heterocycles. The monoisotopic (exact) mass is 248 g/mol. The number of tetrazole rings is 1. The highest BCUT2D eigenvalue weighted by Gasteiger charge is 2.62. The summed E-state index contributed by atoms with van der Waals surface area (Å²) >= 11 is 0. The molecule has 1 fully saturated rings. The van der Waals surface area contributed by atoms with Crippen molar-refractivity contribution < 1.29 is 0 Å². The average molecular weight is 248 g/mol. The van der Waals surface area contributed by atoms with Gasteiger partial charge in [-0.2, -0.15) is 5.21 Å². The van der Waals surface area contributed by atoms with Gasteiger partial charge < -0.3 is 11.5 Å². The topological polar surface area (TPSA) is 107 Å². The molecule has 1 heterocycles. The van der Waals surface area contributed by atoms with Gasteiger partial charge in [-0.1, -0.05) is 23.8 Å². The van der Waals surface area contributed by atoms with Crippen molar-refractivity contribution in [3.8, 4) is 0 Å². The van der Waals surface area contributed by atoms with Gasteiger partial charge in [0.15, 0.2) is 5.82 Å². The van der Waals surface area contributed by atoms with Crippen LogP contribution < -0.4 is 11.5 Å². The predicted octanol–water partition coefficient (Wildman–Crippen LogP) is 0.145. The molecule has 5 N–H and O–H groups in total. The maximum atomic E-state index is 6.48. The molecule has 0 bridgehead atoms. The highest BCUT2D eigenvalue weighted by molar-refractivity contribution is 5.33. The van der Waals surface area contributed by atoms with Crippen molar-refractivity contribution >= 4 is 0 Å². The van der Waals surface area contributed by atoms with E-state index in [4.69, 9.17) is 11.5 Å². The molecule has 1 saturated carbocycles. The third-order valence-electron chi connectivity index (χ3n) is 4.68. The molecule has 0 aromatic carbocycles. The van der Waals surface area contributed by atoms with Crippen LogP contribution >= 0.6 is 0 Å². The number of nitrogens with zero attached hydrogens (tertiary/aromatic N) is 3. The van der Waals surface area contributed by atoms with E-state index in [0.717, 1.165) is 31.5 Å². The largest absolute Gasteiger partial charge is 0.330 e. The van der Waals surface area contributed by atoms with Crippen molar-refractivity contribution in [3.05, 3.63) is 17.5 Å². The quantitative estimate of drug-likeness (QED) is 0.657. The predicted molar refractivity (Wildman–Crippen MR) is 67.4 cm³/mol. The maximum absolute atomic E-state index is 6.48. The highest BCUT2D eigenvalue weighted by Crippen LogP contribution is 2.60. The van der Waals surface area contributed by atoms with Crippen LogP contribution in [-0.2, 0) is 6.42 Å². The van der Waals surface area contributed by atoms with Crippen LogP contribution in [0.5, 0.6) is 0 Å². The van der Waals surface area contributed by atoms with Crippen LogP contribution in [0.2, 0.25) is 0 Å². The first kappa shape index (κ1) is 11.8. The van der Waals surface area contributed by atoms with E-state index in [1.165, 1.54) is 5.57 Å². The molecule has 1 aromatic heterocycles. The van der Waals surface area contributed by atoms with Gasteiger partial charge in [-0.15, -0.1) is 10.2 Å². The second kappa shape index (κ2) is 3.86. The van der Waals surface area contributed by atoms with E-state index in [9.17, 15) is 0 Å². The van der Waals surface area contributed by atoms with Crippen LogP contribution in [0.1, 0.15) is 32.0 Å². The molecule has 2 aliphatic rings. The summed E-state index contributed by atoms with van der Waals surface area (Å²) < 4.78 is 0. The van der Waals surface area contributed by atoms with E-state index in [1.807, 2.05) is 0 Å². The fourth-order valence-electron chi connectivity index (χ4n) is 3.85. The van der Waals surface area contributed by atoms with E-state index in [-0.39, 0.29) is 11.0 Å². The van der Waals surface area contributed by atoms with E-state index < -0.39 is 0 Å². The maximum Gasteiger partial charge on any atom is 0.175 e. The van der Waals surface area contributed by atoms with Crippen LogP contribution in [0.15, 0.2) is 11.6 Å². The summed E-state index contributed by atoms with van der Waals surface area (Å²) in [5, 5.41) is 14.2. The lowest BCUT2D eigenvalue weighted by Crippen LogP contribution is -2.67. The Labute approximate surface area is 106 Å². The lowest BCUT2D eigenvalue weighted by atomic mass is 9.49. The van der Waals surface area contributed by atoms with Crippen LogP contribution in [0.3, 0.4) is 0 Å². The Morgan fingerprint density at radius 3 is 3.00 bits per heavy atom. The van der Waals surface area contributed by atoms with Crippen molar-refractivity contribution in [1.29, 1.82) is 0 Å². The second-order valence-electron chi connectivity index (χ2n) is 5.81. The molecule has 0 spiro atoms. The normalized spacial score (nSPS) is 38.2. The van der Waals surface area contributed by atoms with E-state index in [0.29, 0.717) is 12.5 Å². The molecule has 6 nitrogen and oxygen atoms in total. The van der Waals surface area contributed by atoms with Gasteiger partial charge in [-0.3, -0.25) is 0 Å². The van der Waals surface area contributed by atoms with Crippen LogP contribution in [0.4, 0.5) is 0 Å². The van der Waals surface area contributed by atoms with Crippen molar-refractivity contribution in [2.75, 3.05) is 6.54 Å². The zero-order valence-corrected chi connectivity index (χ0v) is 10.7. The number of aromatic nitrogens is 4. The van der Waals surface area contributed by atoms with Gasteiger partial charge >= 0.3 is 0 Å². The minimum absolute atomic E-state index is 0.0234. The summed E-state index contributed by atoms with van der Waals surface area (Å²) in [6.07, 6.45) is 6.16. The molecule has 0 amide bonds. The smallest absolute Gasteiger partial charge is 0.175 e. The number of nitrogens with two attached hydrogens (primary N) is 2. The zero-order chi connectivity index (χ0) is 12.8. The van der Waals surface area contributed by atoms with Crippen molar-refractivity contribution in [2.45, 2.75) is 38.1 Å². The summed E-state index contributed by atoms with van der Waals surface area (Å²) in [6.45, 7) is 2.81. The number of aromatic amines is 1. The Morgan fingerprint density at radius 2 is 2.39 bits per heavy atom. The van der Waals surface area contributed by atoms with E-state index >= 15 is 0 Å². The van der Waals surface area contributed by atoms with E-state index in [1.54, 1.807) is 0 Å². The number of hydrogen-bond acceptors (Lipinski definition) is 5. The first-order chi connectivity index (χ1) is 8.62. The lowest BCUT2D eigenvalue weighted by molar-refractivity contribution is -0.0180. The summed E-state index contributed by atoms with van der Waals surface area (Å²) in [4.78, 5) is 0. The fourth-order valence-corrected chi connectivity index (χ4v) is 3.85. The Morgan fingerprint density at radius 1 is 1.56 bits per heavy atom. The minimum Gasteiger partial charge on any atom is -0.330 e. The van der Waals surface area contributed by atoms with Crippen molar-refractivity contribution in [2.24, 2.45) is 22.8 Å². The Kier molecular flexibility index (Phi) is 2.53. The molecule has 3 atom stereocenters. The van der Waals surface area contributed by atoms with E-state index in [2.05, 4.69) is 33.6 Å². The first-order valence-electron chi connectivity index (χ1n) is 6.53. The summed E-state index contributed by atoms with van der Waals surface area (Å²) in [5.41, 5.74) is 13.9. The fraction of sp³-hybridized carbons (Fsp3) is 0.750. The van der Waals surface area contributed by atoms with Crippen LogP contribution in [0, 0.1) is 11.3 Å². The summed E-state index contributed by atoms with van der Waals surface area (Å²) in [7, 11) is 0. The Balaban J connectivity index is 1.84. The van der Waals surface area contributed by atoms with Crippen molar-refractivity contribution in [1.82, 2.24) is 20.6 Å². The summed E-state index contributed by atoms with van der Waals surface area (Å²) in [6, 6.07) is 0. The molecular weight excluding hydrogens is 228 g/mol. The van der Waals surface area contributed by atoms with Gasteiger partial charge in [0.05, 0.1) is 0 Å². The second-order valence-corrected chi connectivity index (χ2v) is 5.81. The number of rotatable bonds is 4. The van der Waals surface area contributed by atoms with Gasteiger partial charge in [0.1, 0.15) is 0 Å². The van der Waals surface area contributed by atoms with Gasteiger partial charge in [-0.05, 0) is 31.2 Å². The summed E-state index contributed by atoms with van der Waals surface area (Å²) in [5.74, 6) is 1.10.